The number of nitrogens with zero attached hydrogens (tertiary/aromatic N) is 7. The van der Waals surface area contributed by atoms with E-state index in [4.69, 9.17) is 11.5 Å². The average molecular weight is 504 g/mol. The fourth-order valence-electron chi connectivity index (χ4n) is 3.54. The number of benzene rings is 1. The lowest BCUT2D eigenvalue weighted by Crippen LogP contribution is -2.42. The van der Waals surface area contributed by atoms with Crippen molar-refractivity contribution < 1.29 is 17.2 Å². The van der Waals surface area contributed by atoms with Gasteiger partial charge in [0.2, 0.25) is 0 Å². The van der Waals surface area contributed by atoms with Gasteiger partial charge in [0.05, 0.1) is 18.5 Å². The SMILES string of the molecule is CN(C)S(=O)(=O)N(CCF)c1c(N)nc(-c2nn(Cc3ccccc3F)c3ncccc23)nc1N. The molecular formula is C21H23F2N9O2S. The number of halogens is 2. The molecule has 1 aromatic carbocycles. The van der Waals surface area contributed by atoms with Gasteiger partial charge >= 0.3 is 10.2 Å². The molecule has 0 aliphatic heterocycles. The average Bonchev–Trinajstić information content (AvgIpc) is 3.18. The number of pyridine rings is 1. The summed E-state index contributed by atoms with van der Waals surface area (Å²) in [6.07, 6.45) is 1.57. The van der Waals surface area contributed by atoms with E-state index in [9.17, 15) is 17.2 Å². The van der Waals surface area contributed by atoms with Crippen molar-refractivity contribution >= 4 is 38.6 Å². The summed E-state index contributed by atoms with van der Waals surface area (Å²) in [5.74, 6) is -0.923. The molecule has 0 amide bonds. The molecule has 0 spiro atoms. The number of nitrogens with two attached hydrogens (primary N) is 2. The van der Waals surface area contributed by atoms with Gasteiger partial charge in [0.1, 0.15) is 23.9 Å². The van der Waals surface area contributed by atoms with E-state index in [-0.39, 0.29) is 35.4 Å². The van der Waals surface area contributed by atoms with Gasteiger partial charge in [-0.25, -0.2) is 32.7 Å². The van der Waals surface area contributed by atoms with Crippen LogP contribution in [0.25, 0.3) is 22.6 Å². The Kier molecular flexibility index (Phi) is 6.49. The van der Waals surface area contributed by atoms with Crippen molar-refractivity contribution in [3.63, 3.8) is 0 Å². The third kappa shape index (κ3) is 4.44. The minimum Gasteiger partial charge on any atom is -0.382 e. The molecule has 3 heterocycles. The normalized spacial score (nSPS) is 11.9. The quantitative estimate of drug-likeness (QED) is 0.370. The minimum absolute atomic E-state index is 0.0106. The second-order valence-electron chi connectivity index (χ2n) is 7.69. The summed E-state index contributed by atoms with van der Waals surface area (Å²) >= 11 is 0. The molecule has 4 aromatic rings. The van der Waals surface area contributed by atoms with Crippen LogP contribution in [-0.2, 0) is 16.8 Å². The van der Waals surface area contributed by atoms with Gasteiger partial charge in [-0.3, -0.25) is 0 Å². The molecule has 0 fully saturated rings. The van der Waals surface area contributed by atoms with Crippen LogP contribution in [0.3, 0.4) is 0 Å². The smallest absolute Gasteiger partial charge is 0.303 e. The van der Waals surface area contributed by atoms with Gasteiger partial charge in [-0.15, -0.1) is 0 Å². The second-order valence-corrected chi connectivity index (χ2v) is 9.76. The van der Waals surface area contributed by atoms with Crippen LogP contribution in [0.1, 0.15) is 5.56 Å². The van der Waals surface area contributed by atoms with Gasteiger partial charge in [0.25, 0.3) is 0 Å². The van der Waals surface area contributed by atoms with Crippen molar-refractivity contribution in [3.8, 4) is 11.5 Å². The zero-order valence-electron chi connectivity index (χ0n) is 18.9. The predicted molar refractivity (Wildman–Crippen MR) is 129 cm³/mol. The number of anilines is 3. The molecule has 4 rings (SSSR count). The van der Waals surface area contributed by atoms with Crippen molar-refractivity contribution in [2.45, 2.75) is 6.54 Å². The minimum atomic E-state index is -4.12. The molecule has 0 saturated heterocycles. The van der Waals surface area contributed by atoms with Crippen molar-refractivity contribution in [1.29, 1.82) is 0 Å². The molecule has 0 saturated carbocycles. The lowest BCUT2D eigenvalue weighted by atomic mass is 10.2. The van der Waals surface area contributed by atoms with Gasteiger partial charge in [-0.05, 0) is 18.2 Å². The Balaban J connectivity index is 1.84. The predicted octanol–water partition coefficient (Wildman–Crippen LogP) is 1.82. The summed E-state index contributed by atoms with van der Waals surface area (Å²) < 4.78 is 56.0. The lowest BCUT2D eigenvalue weighted by Gasteiger charge is -2.27. The number of fused-ring (bicyclic) bond motifs is 1. The fraction of sp³-hybridized carbons (Fsp3) is 0.238. The molecule has 0 bridgehead atoms. The van der Waals surface area contributed by atoms with E-state index < -0.39 is 29.2 Å². The molecule has 0 radical (unpaired) electrons. The zero-order valence-corrected chi connectivity index (χ0v) is 19.7. The fourth-order valence-corrected chi connectivity index (χ4v) is 4.65. The van der Waals surface area contributed by atoms with Crippen molar-refractivity contribution in [3.05, 3.63) is 54.0 Å². The van der Waals surface area contributed by atoms with E-state index in [1.807, 2.05) is 0 Å². The summed E-state index contributed by atoms with van der Waals surface area (Å²) in [5.41, 5.74) is 13.1. The summed E-state index contributed by atoms with van der Waals surface area (Å²) in [6.45, 7) is -1.42. The molecule has 184 valence electrons. The van der Waals surface area contributed by atoms with Crippen molar-refractivity contribution in [1.82, 2.24) is 29.0 Å². The summed E-state index contributed by atoms with van der Waals surface area (Å²) in [6, 6.07) is 9.72. The third-order valence-electron chi connectivity index (χ3n) is 5.21. The van der Waals surface area contributed by atoms with E-state index >= 15 is 0 Å². The van der Waals surface area contributed by atoms with Crippen LogP contribution < -0.4 is 15.8 Å². The largest absolute Gasteiger partial charge is 0.382 e. The first-order chi connectivity index (χ1) is 16.6. The van der Waals surface area contributed by atoms with Crippen molar-refractivity contribution in [2.75, 3.05) is 43.1 Å². The van der Waals surface area contributed by atoms with Crippen LogP contribution in [-0.4, -0.2) is 64.8 Å². The van der Waals surface area contributed by atoms with Crippen molar-refractivity contribution in [2.24, 2.45) is 0 Å². The van der Waals surface area contributed by atoms with Crippen LogP contribution in [0, 0.1) is 5.82 Å². The van der Waals surface area contributed by atoms with E-state index in [1.54, 1.807) is 36.5 Å². The topological polar surface area (TPSA) is 149 Å². The van der Waals surface area contributed by atoms with Gasteiger partial charge < -0.3 is 11.5 Å². The highest BCUT2D eigenvalue weighted by atomic mass is 32.2. The molecule has 0 unspecified atom stereocenters. The first kappa shape index (κ1) is 24.2. The summed E-state index contributed by atoms with van der Waals surface area (Å²) in [7, 11) is -1.53. The highest BCUT2D eigenvalue weighted by molar-refractivity contribution is 7.90. The van der Waals surface area contributed by atoms with Gasteiger partial charge in [0, 0.05) is 25.9 Å². The molecule has 14 heteroatoms. The Hall–Kier alpha value is -3.91. The third-order valence-corrected chi connectivity index (χ3v) is 7.06. The first-order valence-electron chi connectivity index (χ1n) is 10.4. The molecule has 11 nitrogen and oxygen atoms in total. The molecule has 0 aliphatic carbocycles. The van der Waals surface area contributed by atoms with Gasteiger partial charge in [-0.2, -0.15) is 17.8 Å². The Morgan fingerprint density at radius 3 is 2.37 bits per heavy atom. The van der Waals surface area contributed by atoms with E-state index in [0.717, 1.165) is 8.61 Å². The summed E-state index contributed by atoms with van der Waals surface area (Å²) in [4.78, 5) is 12.8. The standard InChI is InChI=1S/C21H23F2N9O2S/c1-30(2)35(33,34)32(11-9-22)17-18(24)27-20(28-19(17)25)16-14-7-5-10-26-21(14)31(29-16)12-13-6-3-4-8-15(13)23/h3-8,10H,9,11-12H2,1-2H3,(H4,24,25,27,28). The molecular weight excluding hydrogens is 480 g/mol. The van der Waals surface area contributed by atoms with Gasteiger partial charge in [-0.1, -0.05) is 18.2 Å². The highest BCUT2D eigenvalue weighted by Crippen LogP contribution is 2.34. The number of alkyl halides is 1. The van der Waals surface area contributed by atoms with Crippen LogP contribution in [0.2, 0.25) is 0 Å². The number of aromatic nitrogens is 5. The zero-order chi connectivity index (χ0) is 25.3. The number of rotatable bonds is 8. The van der Waals surface area contributed by atoms with E-state index in [2.05, 4.69) is 20.1 Å². The maximum Gasteiger partial charge on any atom is 0.303 e. The van der Waals surface area contributed by atoms with E-state index in [1.165, 1.54) is 24.8 Å². The number of hydrogen-bond donors (Lipinski definition) is 2. The maximum atomic E-state index is 14.2. The maximum absolute atomic E-state index is 14.2. The molecule has 35 heavy (non-hydrogen) atoms. The molecule has 4 N–H and O–H groups in total. The highest BCUT2D eigenvalue weighted by Gasteiger charge is 2.30. The molecule has 3 aromatic heterocycles. The van der Waals surface area contributed by atoms with E-state index in [0.29, 0.717) is 16.6 Å². The Morgan fingerprint density at radius 2 is 1.74 bits per heavy atom. The van der Waals surface area contributed by atoms with Gasteiger partial charge in [0.15, 0.2) is 23.1 Å². The van der Waals surface area contributed by atoms with Crippen LogP contribution in [0.4, 0.5) is 26.1 Å². The number of hydrogen-bond acceptors (Lipinski definition) is 8. The Morgan fingerprint density at radius 1 is 1.06 bits per heavy atom. The number of nitrogen functional groups attached to an aromatic ring is 2. The Labute approximate surface area is 200 Å². The second kappa shape index (κ2) is 9.38. The monoisotopic (exact) mass is 503 g/mol. The summed E-state index contributed by atoms with van der Waals surface area (Å²) in [5, 5.41) is 5.07. The first-order valence-corrected chi connectivity index (χ1v) is 11.8. The lowest BCUT2D eigenvalue weighted by molar-refractivity contribution is 0.483. The Bertz CT molecular complexity index is 1470. The molecule has 0 aliphatic rings. The van der Waals surface area contributed by atoms with Crippen LogP contribution in [0.5, 0.6) is 0 Å². The van der Waals surface area contributed by atoms with Crippen LogP contribution in [0.15, 0.2) is 42.6 Å². The van der Waals surface area contributed by atoms with Crippen LogP contribution >= 0.6 is 0 Å². The molecule has 0 atom stereocenters.